The lowest BCUT2D eigenvalue weighted by atomic mass is 10.1. The van der Waals surface area contributed by atoms with Gasteiger partial charge in [0, 0.05) is 43.6 Å². The third-order valence-corrected chi connectivity index (χ3v) is 4.66. The molecule has 1 heterocycles. The van der Waals surface area contributed by atoms with Gasteiger partial charge in [-0.25, -0.2) is 4.39 Å². The molecular weight excluding hydrogens is 380 g/mol. The molecule has 0 N–H and O–H groups in total. The standard InChI is InChI=1S/C23H22F4N2/c1-2-12-28(16-19-8-3-4-11-22(19)24)17-21-10-6-13-29(21)15-18-7-5-9-20(14-18)23(25,26)27/h2-11,13-14H,1,12,15-17H2. The van der Waals surface area contributed by atoms with Crippen LogP contribution in [0.5, 0.6) is 0 Å². The molecule has 0 bridgehead atoms. The van der Waals surface area contributed by atoms with E-state index in [0.29, 0.717) is 37.3 Å². The van der Waals surface area contributed by atoms with Gasteiger partial charge >= 0.3 is 6.18 Å². The zero-order valence-electron chi connectivity index (χ0n) is 15.9. The summed E-state index contributed by atoms with van der Waals surface area (Å²) in [6.45, 7) is 5.58. The summed E-state index contributed by atoms with van der Waals surface area (Å²) in [7, 11) is 0. The van der Waals surface area contributed by atoms with Crippen LogP contribution in [0.3, 0.4) is 0 Å². The summed E-state index contributed by atoms with van der Waals surface area (Å²) in [6.07, 6.45) is -0.776. The summed E-state index contributed by atoms with van der Waals surface area (Å²) in [4.78, 5) is 2.03. The van der Waals surface area contributed by atoms with Crippen LogP contribution < -0.4 is 0 Å². The molecule has 0 fully saturated rings. The molecule has 29 heavy (non-hydrogen) atoms. The molecule has 0 saturated carbocycles. The molecule has 0 atom stereocenters. The molecule has 0 spiro atoms. The van der Waals surface area contributed by atoms with E-state index in [1.807, 2.05) is 27.8 Å². The van der Waals surface area contributed by atoms with Crippen molar-refractivity contribution in [3.8, 4) is 0 Å². The lowest BCUT2D eigenvalue weighted by Gasteiger charge is -2.22. The van der Waals surface area contributed by atoms with Crippen LogP contribution in [0.4, 0.5) is 17.6 Å². The van der Waals surface area contributed by atoms with Crippen molar-refractivity contribution in [2.24, 2.45) is 0 Å². The zero-order valence-corrected chi connectivity index (χ0v) is 15.9. The van der Waals surface area contributed by atoms with Gasteiger partial charge in [-0.1, -0.05) is 36.4 Å². The Morgan fingerprint density at radius 2 is 1.76 bits per heavy atom. The lowest BCUT2D eigenvalue weighted by Crippen LogP contribution is -2.25. The van der Waals surface area contributed by atoms with E-state index in [2.05, 4.69) is 6.58 Å². The molecule has 3 aromatic rings. The van der Waals surface area contributed by atoms with Gasteiger partial charge in [-0.05, 0) is 35.9 Å². The minimum atomic E-state index is -4.37. The highest BCUT2D eigenvalue weighted by Crippen LogP contribution is 2.29. The highest BCUT2D eigenvalue weighted by molar-refractivity contribution is 5.26. The van der Waals surface area contributed by atoms with Crippen molar-refractivity contribution in [3.63, 3.8) is 0 Å². The van der Waals surface area contributed by atoms with E-state index in [1.54, 1.807) is 30.3 Å². The van der Waals surface area contributed by atoms with Crippen molar-refractivity contribution in [2.45, 2.75) is 25.8 Å². The molecule has 0 radical (unpaired) electrons. The van der Waals surface area contributed by atoms with Gasteiger partial charge < -0.3 is 4.57 Å². The number of nitrogens with zero attached hydrogens (tertiary/aromatic N) is 2. The fourth-order valence-electron chi connectivity index (χ4n) is 3.25. The molecule has 2 aromatic carbocycles. The summed E-state index contributed by atoms with van der Waals surface area (Å²) in [5.41, 5.74) is 1.43. The minimum absolute atomic E-state index is 0.263. The summed E-state index contributed by atoms with van der Waals surface area (Å²) < 4.78 is 54.8. The van der Waals surface area contributed by atoms with Gasteiger partial charge in [0.1, 0.15) is 5.82 Å². The average molecular weight is 402 g/mol. The summed E-state index contributed by atoms with van der Waals surface area (Å²) in [6, 6.07) is 15.7. The smallest absolute Gasteiger partial charge is 0.346 e. The normalized spacial score (nSPS) is 11.8. The quantitative estimate of drug-likeness (QED) is 0.337. The number of aromatic nitrogens is 1. The van der Waals surface area contributed by atoms with E-state index >= 15 is 0 Å². The van der Waals surface area contributed by atoms with E-state index in [4.69, 9.17) is 0 Å². The van der Waals surface area contributed by atoms with E-state index < -0.39 is 11.7 Å². The first-order chi connectivity index (χ1) is 13.9. The van der Waals surface area contributed by atoms with Crippen LogP contribution in [0.25, 0.3) is 0 Å². The van der Waals surface area contributed by atoms with Crippen molar-refractivity contribution in [1.29, 1.82) is 0 Å². The maximum Gasteiger partial charge on any atom is 0.416 e. The molecule has 0 unspecified atom stereocenters. The third kappa shape index (κ3) is 5.57. The van der Waals surface area contributed by atoms with Crippen LogP contribution in [0.2, 0.25) is 0 Å². The second-order valence-corrected chi connectivity index (χ2v) is 6.88. The molecule has 1 aromatic heterocycles. The highest BCUT2D eigenvalue weighted by Gasteiger charge is 2.30. The Balaban J connectivity index is 1.76. The van der Waals surface area contributed by atoms with E-state index in [1.165, 1.54) is 18.2 Å². The van der Waals surface area contributed by atoms with Crippen LogP contribution in [0.1, 0.15) is 22.4 Å². The Bertz CT molecular complexity index is 959. The lowest BCUT2D eigenvalue weighted by molar-refractivity contribution is -0.137. The summed E-state index contributed by atoms with van der Waals surface area (Å²) in [5, 5.41) is 0. The molecule has 3 rings (SSSR count). The second-order valence-electron chi connectivity index (χ2n) is 6.88. The number of hydrogen-bond acceptors (Lipinski definition) is 1. The number of benzene rings is 2. The number of hydrogen-bond donors (Lipinski definition) is 0. The van der Waals surface area contributed by atoms with Crippen molar-refractivity contribution in [1.82, 2.24) is 9.47 Å². The summed E-state index contributed by atoms with van der Waals surface area (Å²) >= 11 is 0. The molecular formula is C23H22F4N2. The number of rotatable bonds is 8. The van der Waals surface area contributed by atoms with Gasteiger partial charge in [0.25, 0.3) is 0 Å². The number of alkyl halides is 3. The van der Waals surface area contributed by atoms with E-state index in [9.17, 15) is 17.6 Å². The van der Waals surface area contributed by atoms with E-state index in [0.717, 1.165) is 11.8 Å². The maximum atomic E-state index is 14.0. The molecule has 0 aliphatic carbocycles. The Morgan fingerprint density at radius 1 is 0.966 bits per heavy atom. The molecule has 2 nitrogen and oxygen atoms in total. The Hall–Kier alpha value is -2.86. The fraction of sp³-hybridized carbons (Fsp3) is 0.217. The Labute approximate surface area is 167 Å². The predicted molar refractivity (Wildman–Crippen MR) is 106 cm³/mol. The van der Waals surface area contributed by atoms with Crippen LogP contribution in [-0.2, 0) is 25.8 Å². The Kier molecular flexibility index (Phi) is 6.54. The van der Waals surface area contributed by atoms with Gasteiger partial charge in [0.2, 0.25) is 0 Å². The monoisotopic (exact) mass is 402 g/mol. The first kappa shape index (κ1) is 20.9. The van der Waals surface area contributed by atoms with Crippen molar-refractivity contribution in [3.05, 3.63) is 108 Å². The highest BCUT2D eigenvalue weighted by atomic mass is 19.4. The van der Waals surface area contributed by atoms with Gasteiger partial charge in [0.05, 0.1) is 5.56 Å². The molecule has 0 saturated heterocycles. The zero-order chi connectivity index (χ0) is 20.9. The van der Waals surface area contributed by atoms with Crippen molar-refractivity contribution in [2.75, 3.05) is 6.54 Å². The molecule has 0 aliphatic rings. The third-order valence-electron chi connectivity index (χ3n) is 4.66. The van der Waals surface area contributed by atoms with Crippen LogP contribution in [-0.4, -0.2) is 16.0 Å². The topological polar surface area (TPSA) is 8.17 Å². The summed E-state index contributed by atoms with van der Waals surface area (Å²) in [5.74, 6) is -0.263. The largest absolute Gasteiger partial charge is 0.416 e. The van der Waals surface area contributed by atoms with Crippen molar-refractivity contribution < 1.29 is 17.6 Å². The molecule has 6 heteroatoms. The van der Waals surface area contributed by atoms with Crippen LogP contribution >= 0.6 is 0 Å². The molecule has 0 amide bonds. The molecule has 152 valence electrons. The first-order valence-electron chi connectivity index (χ1n) is 9.23. The average Bonchev–Trinajstić information content (AvgIpc) is 3.10. The fourth-order valence-corrected chi connectivity index (χ4v) is 3.25. The van der Waals surface area contributed by atoms with E-state index in [-0.39, 0.29) is 5.82 Å². The van der Waals surface area contributed by atoms with Gasteiger partial charge in [-0.15, -0.1) is 6.58 Å². The minimum Gasteiger partial charge on any atom is -0.346 e. The number of halogens is 4. The Morgan fingerprint density at radius 3 is 2.48 bits per heavy atom. The van der Waals surface area contributed by atoms with Gasteiger partial charge in [-0.2, -0.15) is 13.2 Å². The SMILES string of the molecule is C=CCN(Cc1ccccc1F)Cc1cccn1Cc1cccc(C(F)(F)F)c1. The molecule has 0 aliphatic heterocycles. The van der Waals surface area contributed by atoms with Gasteiger partial charge in [-0.3, -0.25) is 4.90 Å². The maximum absolute atomic E-state index is 14.0. The van der Waals surface area contributed by atoms with Gasteiger partial charge in [0.15, 0.2) is 0 Å². The van der Waals surface area contributed by atoms with Crippen molar-refractivity contribution >= 4 is 0 Å². The predicted octanol–water partition coefficient (Wildman–Crippen LogP) is 5.88. The second kappa shape index (κ2) is 9.09. The van der Waals surface area contributed by atoms with Crippen LogP contribution in [0, 0.1) is 5.82 Å². The van der Waals surface area contributed by atoms with Crippen LogP contribution in [0.15, 0.2) is 79.5 Å². The first-order valence-corrected chi connectivity index (χ1v) is 9.23.